The number of aliphatic carboxylic acids is 1. The zero-order valence-corrected chi connectivity index (χ0v) is 18.4. The summed E-state index contributed by atoms with van der Waals surface area (Å²) in [4.78, 5) is 24.8. The van der Waals surface area contributed by atoms with Crippen molar-refractivity contribution in [1.29, 1.82) is 0 Å². The lowest BCUT2D eigenvalue weighted by Crippen LogP contribution is -2.12. The first-order chi connectivity index (χ1) is 16.9. The number of anilines is 2. The van der Waals surface area contributed by atoms with Crippen molar-refractivity contribution in [2.45, 2.75) is 6.42 Å². The number of rotatable bonds is 5. The normalized spacial score (nSPS) is 14.4. The van der Waals surface area contributed by atoms with Crippen LogP contribution in [0.5, 0.6) is 5.75 Å². The Balaban J connectivity index is 1.61. The molecule has 5 rings (SSSR count). The fourth-order valence-corrected chi connectivity index (χ4v) is 3.98. The summed E-state index contributed by atoms with van der Waals surface area (Å²) in [5, 5.41) is 12.7. The summed E-state index contributed by atoms with van der Waals surface area (Å²) in [5.74, 6) is -2.00. The molecular formula is C26H18F2N4O3. The number of allylic oxidation sites excluding steroid dienone is 4. The maximum Gasteiger partial charge on any atom is 0.354 e. The summed E-state index contributed by atoms with van der Waals surface area (Å²) in [7, 11) is 1.57. The molecule has 0 atom stereocenters. The van der Waals surface area contributed by atoms with Crippen LogP contribution in [0, 0.1) is 11.6 Å². The van der Waals surface area contributed by atoms with Crippen LogP contribution in [0.25, 0.3) is 11.1 Å². The molecule has 3 aromatic rings. The third-order valence-electron chi connectivity index (χ3n) is 5.62. The van der Waals surface area contributed by atoms with Gasteiger partial charge in [-0.2, -0.15) is 0 Å². The Bertz CT molecular complexity index is 1470. The second-order valence-electron chi connectivity index (χ2n) is 7.76. The molecule has 2 heterocycles. The molecule has 0 amide bonds. The number of nitrogens with one attached hydrogen (secondary N) is 1. The molecule has 0 bridgehead atoms. The fraction of sp³-hybridized carbons (Fsp3) is 0.0769. The van der Waals surface area contributed by atoms with Crippen LogP contribution in [0.3, 0.4) is 0 Å². The molecule has 9 heteroatoms. The summed E-state index contributed by atoms with van der Waals surface area (Å²) < 4.78 is 34.8. The van der Waals surface area contributed by atoms with Crippen molar-refractivity contribution in [3.8, 4) is 5.75 Å². The Labute approximate surface area is 198 Å². The van der Waals surface area contributed by atoms with Crippen LogP contribution in [0.4, 0.5) is 20.4 Å². The lowest BCUT2D eigenvalue weighted by atomic mass is 9.84. The molecule has 0 saturated carbocycles. The van der Waals surface area contributed by atoms with Gasteiger partial charge < -0.3 is 15.2 Å². The summed E-state index contributed by atoms with van der Waals surface area (Å²) in [6.45, 7) is 0. The molecule has 0 unspecified atom stereocenters. The van der Waals surface area contributed by atoms with Crippen molar-refractivity contribution < 1.29 is 23.4 Å². The van der Waals surface area contributed by atoms with Gasteiger partial charge in [-0.1, -0.05) is 18.2 Å². The molecule has 35 heavy (non-hydrogen) atoms. The second kappa shape index (κ2) is 8.94. The number of halogens is 2. The smallest absolute Gasteiger partial charge is 0.354 e. The van der Waals surface area contributed by atoms with Crippen LogP contribution in [-0.2, 0) is 11.2 Å². The van der Waals surface area contributed by atoms with Crippen LogP contribution in [0.15, 0.2) is 77.6 Å². The average Bonchev–Trinajstić information content (AvgIpc) is 3.04. The first-order valence-corrected chi connectivity index (χ1v) is 10.6. The molecule has 174 valence electrons. The number of carboxylic acid groups (broad SMARTS) is 1. The first kappa shape index (κ1) is 22.1. The predicted octanol–water partition coefficient (Wildman–Crippen LogP) is 4.95. The fourth-order valence-electron chi connectivity index (χ4n) is 3.98. The summed E-state index contributed by atoms with van der Waals surface area (Å²) in [5.41, 5.74) is 2.23. The molecular weight excluding hydrogens is 454 g/mol. The van der Waals surface area contributed by atoms with E-state index in [0.29, 0.717) is 34.7 Å². The third kappa shape index (κ3) is 4.19. The lowest BCUT2D eigenvalue weighted by Gasteiger charge is -2.22. The molecule has 1 aromatic heterocycles. The van der Waals surface area contributed by atoms with E-state index in [0.717, 1.165) is 17.7 Å². The summed E-state index contributed by atoms with van der Waals surface area (Å²) >= 11 is 0. The van der Waals surface area contributed by atoms with E-state index in [4.69, 9.17) is 4.74 Å². The van der Waals surface area contributed by atoms with E-state index in [1.165, 1.54) is 18.3 Å². The highest BCUT2D eigenvalue weighted by Gasteiger charge is 2.28. The topological polar surface area (TPSA) is 96.7 Å². The molecule has 0 radical (unpaired) electrons. The number of ether oxygens (including phenoxy) is 1. The van der Waals surface area contributed by atoms with E-state index in [1.807, 2.05) is 12.1 Å². The molecule has 1 aliphatic heterocycles. The van der Waals surface area contributed by atoms with Crippen LogP contribution < -0.4 is 10.1 Å². The van der Waals surface area contributed by atoms with Gasteiger partial charge in [-0.25, -0.2) is 28.5 Å². The molecule has 0 fully saturated rings. The van der Waals surface area contributed by atoms with E-state index < -0.39 is 17.6 Å². The third-order valence-corrected chi connectivity index (χ3v) is 5.62. The highest BCUT2D eigenvalue weighted by Crippen LogP contribution is 2.41. The van der Waals surface area contributed by atoms with E-state index in [2.05, 4.69) is 20.3 Å². The molecule has 0 spiro atoms. The Morgan fingerprint density at radius 1 is 1.09 bits per heavy atom. The number of aromatic nitrogens is 2. The Morgan fingerprint density at radius 2 is 1.86 bits per heavy atom. The van der Waals surface area contributed by atoms with Gasteiger partial charge in [-0.15, -0.1) is 0 Å². The lowest BCUT2D eigenvalue weighted by molar-refractivity contribution is -0.129. The van der Waals surface area contributed by atoms with Crippen LogP contribution in [0.2, 0.25) is 0 Å². The number of carboxylic acids is 1. The minimum atomic E-state index is -1.32. The van der Waals surface area contributed by atoms with Gasteiger partial charge in [0.1, 0.15) is 23.1 Å². The largest absolute Gasteiger partial charge is 0.497 e. The molecule has 2 N–H and O–H groups in total. The van der Waals surface area contributed by atoms with Crippen molar-refractivity contribution in [1.82, 2.24) is 9.97 Å². The number of hydrogen-bond acceptors (Lipinski definition) is 6. The monoisotopic (exact) mass is 472 g/mol. The first-order valence-electron chi connectivity index (χ1n) is 10.6. The SMILES string of the molecule is COc1cccc(Nc2ncc3c(n2)C2=CN=C(C(=O)O)C=C(c4c(F)cccc4F)C2=CC3)c1. The van der Waals surface area contributed by atoms with Gasteiger partial charge in [-0.3, -0.25) is 0 Å². The number of hydrogen-bond donors (Lipinski definition) is 2. The van der Waals surface area contributed by atoms with E-state index in [1.54, 1.807) is 31.5 Å². The molecule has 1 aliphatic carbocycles. The average molecular weight is 472 g/mol. The zero-order chi connectivity index (χ0) is 24.5. The van der Waals surface area contributed by atoms with Gasteiger partial charge >= 0.3 is 5.97 Å². The van der Waals surface area contributed by atoms with Gasteiger partial charge in [0.15, 0.2) is 0 Å². The molecule has 2 aromatic carbocycles. The number of methoxy groups -OCH3 is 1. The van der Waals surface area contributed by atoms with Crippen LogP contribution in [0.1, 0.15) is 16.8 Å². The minimum absolute atomic E-state index is 0.0806. The standard InChI is InChI=1S/C26H18F2N4O3/c1-35-16-5-2-4-15(10-16)31-26-30-12-14-8-9-17-18(23-20(27)6-3-7-21(23)28)11-22(25(33)34)29-13-19(17)24(14)32-26/h2-7,9-13H,8H2,1H3,(H,33,34)(H,30,31,32). The Hall–Kier alpha value is -4.66. The predicted molar refractivity (Wildman–Crippen MR) is 127 cm³/mol. The van der Waals surface area contributed by atoms with Crippen molar-refractivity contribution in [3.05, 3.63) is 101 Å². The Kier molecular flexibility index (Phi) is 5.66. The van der Waals surface area contributed by atoms with Crippen LogP contribution >= 0.6 is 0 Å². The number of fused-ring (bicyclic) bond motifs is 3. The zero-order valence-electron chi connectivity index (χ0n) is 18.4. The Morgan fingerprint density at radius 3 is 2.60 bits per heavy atom. The van der Waals surface area contributed by atoms with Crippen LogP contribution in [-0.4, -0.2) is 33.9 Å². The number of nitrogens with zero attached hydrogens (tertiary/aromatic N) is 3. The van der Waals surface area contributed by atoms with E-state index >= 15 is 0 Å². The number of carbonyl (C=O) groups is 1. The highest BCUT2D eigenvalue weighted by atomic mass is 19.1. The van der Waals surface area contributed by atoms with E-state index in [-0.39, 0.29) is 22.8 Å². The highest BCUT2D eigenvalue weighted by molar-refractivity contribution is 6.42. The summed E-state index contributed by atoms with van der Waals surface area (Å²) in [6, 6.07) is 10.7. The van der Waals surface area contributed by atoms with Crippen molar-refractivity contribution in [2.24, 2.45) is 4.99 Å². The van der Waals surface area contributed by atoms with Crippen molar-refractivity contribution in [3.63, 3.8) is 0 Å². The molecule has 2 aliphatic rings. The van der Waals surface area contributed by atoms with E-state index in [9.17, 15) is 18.7 Å². The van der Waals surface area contributed by atoms with Gasteiger partial charge in [0.05, 0.1) is 18.4 Å². The summed E-state index contributed by atoms with van der Waals surface area (Å²) in [6.07, 6.45) is 6.35. The molecule has 7 nitrogen and oxygen atoms in total. The maximum absolute atomic E-state index is 14.8. The maximum atomic E-state index is 14.8. The van der Waals surface area contributed by atoms with Gasteiger partial charge in [0.25, 0.3) is 0 Å². The minimum Gasteiger partial charge on any atom is -0.497 e. The quantitative estimate of drug-likeness (QED) is 0.545. The number of benzene rings is 2. The van der Waals surface area contributed by atoms with Crippen molar-refractivity contribution >= 4 is 34.5 Å². The van der Waals surface area contributed by atoms with Gasteiger partial charge in [0, 0.05) is 35.3 Å². The van der Waals surface area contributed by atoms with Gasteiger partial charge in [0.2, 0.25) is 5.95 Å². The van der Waals surface area contributed by atoms with Crippen molar-refractivity contribution in [2.75, 3.05) is 12.4 Å². The van der Waals surface area contributed by atoms with Gasteiger partial charge in [-0.05, 0) is 47.9 Å². The second-order valence-corrected chi connectivity index (χ2v) is 7.76. The molecule has 0 saturated heterocycles. The number of aliphatic imine (C=N–C) groups is 1.